The third-order valence-corrected chi connectivity index (χ3v) is 6.75. The number of benzene rings is 1. The van der Waals surface area contributed by atoms with Gasteiger partial charge in [-0.05, 0) is 43.0 Å². The van der Waals surface area contributed by atoms with Crippen LogP contribution in [0.2, 0.25) is 0 Å². The van der Waals surface area contributed by atoms with E-state index in [1.807, 2.05) is 0 Å². The molecule has 0 aliphatic carbocycles. The Bertz CT molecular complexity index is 698. The minimum atomic E-state index is -3.53. The lowest BCUT2D eigenvalue weighted by molar-refractivity contribution is 0.284. The maximum atomic E-state index is 12.8. The van der Waals surface area contributed by atoms with Crippen molar-refractivity contribution >= 4 is 19.9 Å². The highest BCUT2D eigenvalue weighted by Crippen LogP contribution is 2.23. The van der Waals surface area contributed by atoms with Crippen LogP contribution in [0.15, 0.2) is 29.2 Å². The van der Waals surface area contributed by atoms with Gasteiger partial charge in [-0.15, -0.1) is 0 Å². The van der Waals surface area contributed by atoms with E-state index in [4.69, 9.17) is 0 Å². The van der Waals surface area contributed by atoms with Crippen molar-refractivity contribution in [3.63, 3.8) is 0 Å². The summed E-state index contributed by atoms with van der Waals surface area (Å²) in [5.74, 6) is -0.844. The molecule has 1 aliphatic rings. The molecule has 1 aliphatic heterocycles. The van der Waals surface area contributed by atoms with E-state index >= 15 is 0 Å². The van der Waals surface area contributed by atoms with Crippen LogP contribution in [-0.4, -0.2) is 46.2 Å². The van der Waals surface area contributed by atoms with Crippen molar-refractivity contribution in [1.29, 1.82) is 0 Å². The number of halogens is 1. The standard InChI is InChI=1S/C13H18FNO4S2/c1-20(16,17)15-8-2-3-11(9-15)10-21(18,19)13-6-4-12(14)5-7-13/h4-7,11H,2-3,8-10H2,1H3. The average Bonchev–Trinajstić information content (AvgIpc) is 2.38. The topological polar surface area (TPSA) is 71.5 Å². The quantitative estimate of drug-likeness (QED) is 0.777. The van der Waals surface area contributed by atoms with Crippen LogP contribution in [0.1, 0.15) is 12.8 Å². The van der Waals surface area contributed by atoms with Crippen molar-refractivity contribution in [2.75, 3.05) is 25.1 Å². The van der Waals surface area contributed by atoms with E-state index in [0.717, 1.165) is 18.4 Å². The maximum Gasteiger partial charge on any atom is 0.211 e. The van der Waals surface area contributed by atoms with E-state index in [0.29, 0.717) is 19.4 Å². The van der Waals surface area contributed by atoms with E-state index < -0.39 is 25.7 Å². The molecule has 0 saturated carbocycles. The van der Waals surface area contributed by atoms with Crippen molar-refractivity contribution in [3.05, 3.63) is 30.1 Å². The second-order valence-corrected chi connectivity index (χ2v) is 9.38. The van der Waals surface area contributed by atoms with Gasteiger partial charge in [0.15, 0.2) is 9.84 Å². The molecular formula is C13H18FNO4S2. The fraction of sp³-hybridized carbons (Fsp3) is 0.538. The summed E-state index contributed by atoms with van der Waals surface area (Å²) < 4.78 is 61.8. The van der Waals surface area contributed by atoms with Gasteiger partial charge in [0.25, 0.3) is 0 Å². The second kappa shape index (κ2) is 6.02. The molecule has 1 saturated heterocycles. The third kappa shape index (κ3) is 4.24. The largest absolute Gasteiger partial charge is 0.224 e. The zero-order valence-electron chi connectivity index (χ0n) is 11.7. The van der Waals surface area contributed by atoms with Gasteiger partial charge >= 0.3 is 0 Å². The van der Waals surface area contributed by atoms with Crippen molar-refractivity contribution in [1.82, 2.24) is 4.31 Å². The van der Waals surface area contributed by atoms with Gasteiger partial charge in [0, 0.05) is 13.1 Å². The first-order valence-corrected chi connectivity index (χ1v) is 10.1. The van der Waals surface area contributed by atoms with Gasteiger partial charge < -0.3 is 0 Å². The van der Waals surface area contributed by atoms with Gasteiger partial charge in [0.05, 0.1) is 16.9 Å². The van der Waals surface area contributed by atoms with E-state index in [2.05, 4.69) is 0 Å². The number of hydrogen-bond donors (Lipinski definition) is 0. The molecule has 118 valence electrons. The van der Waals surface area contributed by atoms with Crippen molar-refractivity contribution in [2.45, 2.75) is 17.7 Å². The Labute approximate surface area is 124 Å². The predicted molar refractivity (Wildman–Crippen MR) is 77.6 cm³/mol. The van der Waals surface area contributed by atoms with Crippen LogP contribution in [0.4, 0.5) is 4.39 Å². The second-order valence-electron chi connectivity index (χ2n) is 5.36. The number of sulfone groups is 1. The Morgan fingerprint density at radius 3 is 2.38 bits per heavy atom. The zero-order valence-corrected chi connectivity index (χ0v) is 13.3. The van der Waals surface area contributed by atoms with Crippen LogP contribution in [0, 0.1) is 11.7 Å². The molecule has 1 fully saturated rings. The van der Waals surface area contributed by atoms with Gasteiger partial charge in [-0.25, -0.2) is 25.5 Å². The Balaban J connectivity index is 2.11. The summed E-state index contributed by atoms with van der Waals surface area (Å²) in [6.07, 6.45) is 2.45. The summed E-state index contributed by atoms with van der Waals surface area (Å²) in [7, 11) is -6.83. The molecule has 0 bridgehead atoms. The fourth-order valence-electron chi connectivity index (χ4n) is 2.51. The highest BCUT2D eigenvalue weighted by Gasteiger charge is 2.29. The molecule has 5 nitrogen and oxygen atoms in total. The number of sulfonamides is 1. The summed E-state index contributed by atoms with van der Waals surface area (Å²) in [5, 5.41) is 0. The van der Waals surface area contributed by atoms with Crippen molar-refractivity contribution in [3.8, 4) is 0 Å². The summed E-state index contributed by atoms with van der Waals surface area (Å²) in [6, 6.07) is 4.69. The number of nitrogens with zero attached hydrogens (tertiary/aromatic N) is 1. The van der Waals surface area contributed by atoms with Gasteiger partial charge in [-0.3, -0.25) is 0 Å². The average molecular weight is 335 g/mol. The molecule has 1 unspecified atom stereocenters. The van der Waals surface area contributed by atoms with Crippen LogP contribution < -0.4 is 0 Å². The number of rotatable bonds is 4. The van der Waals surface area contributed by atoms with Crippen LogP contribution in [0.5, 0.6) is 0 Å². The van der Waals surface area contributed by atoms with E-state index in [9.17, 15) is 21.2 Å². The van der Waals surface area contributed by atoms with Crippen LogP contribution in [0.25, 0.3) is 0 Å². The highest BCUT2D eigenvalue weighted by atomic mass is 32.2. The van der Waals surface area contributed by atoms with Crippen molar-refractivity contribution in [2.24, 2.45) is 5.92 Å². The first kappa shape index (κ1) is 16.4. The first-order chi connectivity index (χ1) is 9.68. The minimum absolute atomic E-state index is 0.0698. The Hall–Kier alpha value is -0.990. The molecular weight excluding hydrogens is 317 g/mol. The predicted octanol–water partition coefficient (Wildman–Crippen LogP) is 1.27. The highest BCUT2D eigenvalue weighted by molar-refractivity contribution is 7.91. The molecule has 0 N–H and O–H groups in total. The van der Waals surface area contributed by atoms with Gasteiger partial charge in [-0.2, -0.15) is 0 Å². The first-order valence-electron chi connectivity index (χ1n) is 6.62. The molecule has 8 heteroatoms. The summed E-state index contributed by atoms with van der Waals surface area (Å²) in [4.78, 5) is 0.0698. The van der Waals surface area contributed by atoms with E-state index in [1.165, 1.54) is 16.4 Å². The molecule has 0 radical (unpaired) electrons. The molecule has 0 aromatic heterocycles. The molecule has 1 atom stereocenters. The molecule has 0 amide bonds. The number of hydrogen-bond acceptors (Lipinski definition) is 4. The monoisotopic (exact) mass is 335 g/mol. The minimum Gasteiger partial charge on any atom is -0.224 e. The van der Waals surface area contributed by atoms with Crippen LogP contribution >= 0.6 is 0 Å². The molecule has 21 heavy (non-hydrogen) atoms. The normalized spacial score (nSPS) is 21.3. The summed E-state index contributed by atoms with van der Waals surface area (Å²) in [5.41, 5.74) is 0. The van der Waals surface area contributed by atoms with Gasteiger partial charge in [0.2, 0.25) is 10.0 Å². The van der Waals surface area contributed by atoms with Gasteiger partial charge in [-0.1, -0.05) is 0 Å². The van der Waals surface area contributed by atoms with Crippen LogP contribution in [-0.2, 0) is 19.9 Å². The molecule has 1 heterocycles. The fourth-order valence-corrected chi connectivity index (χ4v) is 5.09. The van der Waals surface area contributed by atoms with Crippen molar-refractivity contribution < 1.29 is 21.2 Å². The lowest BCUT2D eigenvalue weighted by Gasteiger charge is -2.30. The zero-order chi connectivity index (χ0) is 15.7. The lowest BCUT2D eigenvalue weighted by Crippen LogP contribution is -2.41. The molecule has 0 spiro atoms. The van der Waals surface area contributed by atoms with E-state index in [1.54, 1.807) is 0 Å². The van der Waals surface area contributed by atoms with Gasteiger partial charge in [0.1, 0.15) is 5.82 Å². The molecule has 2 rings (SSSR count). The summed E-state index contributed by atoms with van der Waals surface area (Å²) >= 11 is 0. The SMILES string of the molecule is CS(=O)(=O)N1CCCC(CS(=O)(=O)c2ccc(F)cc2)C1. The Morgan fingerprint density at radius 1 is 1.19 bits per heavy atom. The van der Waals surface area contributed by atoms with E-state index in [-0.39, 0.29) is 23.1 Å². The third-order valence-electron chi connectivity index (χ3n) is 3.58. The summed E-state index contributed by atoms with van der Waals surface area (Å²) in [6.45, 7) is 0.658. The molecule has 1 aromatic carbocycles. The lowest BCUT2D eigenvalue weighted by atomic mass is 10.0. The van der Waals surface area contributed by atoms with Crippen LogP contribution in [0.3, 0.4) is 0 Å². The smallest absolute Gasteiger partial charge is 0.211 e. The Morgan fingerprint density at radius 2 is 1.81 bits per heavy atom. The molecule has 1 aromatic rings. The maximum absolute atomic E-state index is 12.8. The Kier molecular flexibility index (Phi) is 4.69. The number of piperidine rings is 1.